The molecule has 1 aromatic carbocycles. The summed E-state index contributed by atoms with van der Waals surface area (Å²) >= 11 is 0. The van der Waals surface area contributed by atoms with Crippen LogP contribution in [0.3, 0.4) is 0 Å². The predicted molar refractivity (Wildman–Crippen MR) is 73.6 cm³/mol. The Morgan fingerprint density at radius 1 is 1.35 bits per heavy atom. The molecule has 1 aliphatic heterocycles. The second-order valence-electron chi connectivity index (χ2n) is 5.49. The zero-order valence-electron chi connectivity index (χ0n) is 11.4. The van der Waals surface area contributed by atoms with Crippen LogP contribution in [0.1, 0.15) is 19.8 Å². The molecule has 0 unspecified atom stereocenters. The SMILES string of the molecule is CC1(CNC(=O)Nc2ccc(F)cc2F)CCNCC1. The fourth-order valence-corrected chi connectivity index (χ4v) is 2.26. The maximum Gasteiger partial charge on any atom is 0.319 e. The average molecular weight is 283 g/mol. The van der Waals surface area contributed by atoms with Crippen molar-refractivity contribution in [3.63, 3.8) is 0 Å². The fraction of sp³-hybridized carbons (Fsp3) is 0.500. The quantitative estimate of drug-likeness (QED) is 0.798. The number of benzene rings is 1. The Hall–Kier alpha value is -1.69. The summed E-state index contributed by atoms with van der Waals surface area (Å²) in [6.45, 7) is 4.52. The van der Waals surface area contributed by atoms with E-state index in [4.69, 9.17) is 0 Å². The third kappa shape index (κ3) is 3.90. The number of urea groups is 1. The third-order valence-electron chi connectivity index (χ3n) is 3.67. The molecule has 2 amide bonds. The number of hydrogen-bond acceptors (Lipinski definition) is 2. The highest BCUT2D eigenvalue weighted by atomic mass is 19.1. The first-order chi connectivity index (χ1) is 9.48. The first kappa shape index (κ1) is 14.7. The minimum atomic E-state index is -0.784. The van der Waals surface area contributed by atoms with Crippen molar-refractivity contribution in [2.75, 3.05) is 25.0 Å². The number of anilines is 1. The summed E-state index contributed by atoms with van der Waals surface area (Å²) < 4.78 is 26.1. The summed E-state index contributed by atoms with van der Waals surface area (Å²) in [6.07, 6.45) is 1.97. The van der Waals surface area contributed by atoms with Gasteiger partial charge < -0.3 is 16.0 Å². The van der Waals surface area contributed by atoms with Crippen molar-refractivity contribution in [3.05, 3.63) is 29.8 Å². The summed E-state index contributed by atoms with van der Waals surface area (Å²) in [5.41, 5.74) is 0.0311. The fourth-order valence-electron chi connectivity index (χ4n) is 2.26. The van der Waals surface area contributed by atoms with Gasteiger partial charge in [0, 0.05) is 12.6 Å². The van der Waals surface area contributed by atoms with Gasteiger partial charge in [-0.05, 0) is 43.5 Å². The van der Waals surface area contributed by atoms with E-state index >= 15 is 0 Å². The monoisotopic (exact) mass is 283 g/mol. The molecule has 4 nitrogen and oxygen atoms in total. The van der Waals surface area contributed by atoms with Crippen molar-refractivity contribution in [2.24, 2.45) is 5.41 Å². The van der Waals surface area contributed by atoms with E-state index in [1.165, 1.54) is 6.07 Å². The van der Waals surface area contributed by atoms with Crippen molar-refractivity contribution in [1.29, 1.82) is 0 Å². The molecule has 1 fully saturated rings. The molecule has 110 valence electrons. The van der Waals surface area contributed by atoms with E-state index in [2.05, 4.69) is 22.9 Å². The highest BCUT2D eigenvalue weighted by molar-refractivity contribution is 5.89. The van der Waals surface area contributed by atoms with E-state index in [1.54, 1.807) is 0 Å². The molecule has 1 saturated heterocycles. The molecule has 1 heterocycles. The van der Waals surface area contributed by atoms with E-state index in [0.29, 0.717) is 6.54 Å². The van der Waals surface area contributed by atoms with E-state index in [1.807, 2.05) is 0 Å². The summed E-state index contributed by atoms with van der Waals surface area (Å²) in [5, 5.41) is 8.40. The number of halogens is 2. The second kappa shape index (κ2) is 6.17. The van der Waals surface area contributed by atoms with Crippen molar-refractivity contribution in [2.45, 2.75) is 19.8 Å². The van der Waals surface area contributed by atoms with Gasteiger partial charge in [0.05, 0.1) is 5.69 Å². The standard InChI is InChI=1S/C14H19F2N3O/c1-14(4-6-17-7-5-14)9-18-13(20)19-12-3-2-10(15)8-11(12)16/h2-3,8,17H,4-7,9H2,1H3,(H2,18,19,20). The Morgan fingerprint density at radius 3 is 2.70 bits per heavy atom. The van der Waals surface area contributed by atoms with Gasteiger partial charge in [-0.25, -0.2) is 13.6 Å². The van der Waals surface area contributed by atoms with E-state index in [9.17, 15) is 13.6 Å². The molecule has 0 aromatic heterocycles. The van der Waals surface area contributed by atoms with Gasteiger partial charge in [-0.15, -0.1) is 0 Å². The van der Waals surface area contributed by atoms with Gasteiger partial charge in [0.1, 0.15) is 11.6 Å². The largest absolute Gasteiger partial charge is 0.337 e. The first-order valence-electron chi connectivity index (χ1n) is 6.69. The first-order valence-corrected chi connectivity index (χ1v) is 6.69. The molecule has 0 spiro atoms. The van der Waals surface area contributed by atoms with E-state index in [0.717, 1.165) is 38.1 Å². The Balaban J connectivity index is 1.86. The van der Waals surface area contributed by atoms with Crippen LogP contribution in [-0.4, -0.2) is 25.7 Å². The van der Waals surface area contributed by atoms with Crippen LogP contribution in [0.2, 0.25) is 0 Å². The summed E-state index contributed by atoms with van der Waals surface area (Å²) in [5.74, 6) is -1.45. The Kier molecular flexibility index (Phi) is 4.54. The topological polar surface area (TPSA) is 53.2 Å². The Bertz CT molecular complexity index is 487. The highest BCUT2D eigenvalue weighted by Gasteiger charge is 2.27. The molecule has 1 aromatic rings. The molecule has 0 saturated carbocycles. The highest BCUT2D eigenvalue weighted by Crippen LogP contribution is 2.26. The van der Waals surface area contributed by atoms with Crippen molar-refractivity contribution in [3.8, 4) is 0 Å². The van der Waals surface area contributed by atoms with Crippen LogP contribution in [0.25, 0.3) is 0 Å². The molecule has 0 bridgehead atoms. The minimum absolute atomic E-state index is 0.0284. The van der Waals surface area contributed by atoms with Crippen LogP contribution in [0.5, 0.6) is 0 Å². The molecule has 3 N–H and O–H groups in total. The van der Waals surface area contributed by atoms with Crippen LogP contribution >= 0.6 is 0 Å². The van der Waals surface area contributed by atoms with Crippen molar-refractivity contribution in [1.82, 2.24) is 10.6 Å². The van der Waals surface area contributed by atoms with Gasteiger partial charge in [-0.1, -0.05) is 6.92 Å². The van der Waals surface area contributed by atoms with Crippen LogP contribution in [0.15, 0.2) is 18.2 Å². The molecule has 0 aliphatic carbocycles. The Labute approximate surface area is 116 Å². The van der Waals surface area contributed by atoms with Gasteiger partial charge in [-0.3, -0.25) is 0 Å². The molecule has 0 radical (unpaired) electrons. The number of nitrogens with one attached hydrogen (secondary N) is 3. The Morgan fingerprint density at radius 2 is 2.05 bits per heavy atom. The molecule has 6 heteroatoms. The van der Waals surface area contributed by atoms with Gasteiger partial charge in [0.15, 0.2) is 0 Å². The predicted octanol–water partition coefficient (Wildman–Crippen LogP) is 2.48. The normalized spacial score (nSPS) is 17.6. The third-order valence-corrected chi connectivity index (χ3v) is 3.67. The maximum atomic E-state index is 13.4. The number of piperidine rings is 1. The zero-order chi connectivity index (χ0) is 14.6. The van der Waals surface area contributed by atoms with Crippen molar-refractivity contribution >= 4 is 11.7 Å². The minimum Gasteiger partial charge on any atom is -0.337 e. The zero-order valence-corrected chi connectivity index (χ0v) is 11.4. The van der Waals surface area contributed by atoms with E-state index < -0.39 is 17.7 Å². The lowest BCUT2D eigenvalue weighted by Crippen LogP contribution is -2.44. The lowest BCUT2D eigenvalue weighted by atomic mass is 9.81. The van der Waals surface area contributed by atoms with Crippen LogP contribution in [-0.2, 0) is 0 Å². The van der Waals surface area contributed by atoms with Gasteiger partial charge in [0.2, 0.25) is 0 Å². The summed E-state index contributed by atoms with van der Waals surface area (Å²) in [4.78, 5) is 11.7. The number of hydrogen-bond donors (Lipinski definition) is 3. The summed E-state index contributed by atoms with van der Waals surface area (Å²) in [7, 11) is 0. The van der Waals surface area contributed by atoms with Gasteiger partial charge in [0.25, 0.3) is 0 Å². The lowest BCUT2D eigenvalue weighted by Gasteiger charge is -2.34. The molecular weight excluding hydrogens is 264 g/mol. The molecule has 0 atom stereocenters. The molecular formula is C14H19F2N3O. The second-order valence-corrected chi connectivity index (χ2v) is 5.49. The van der Waals surface area contributed by atoms with Gasteiger partial charge in [-0.2, -0.15) is 0 Å². The number of amides is 2. The van der Waals surface area contributed by atoms with Crippen LogP contribution in [0, 0.1) is 17.0 Å². The average Bonchev–Trinajstić information content (AvgIpc) is 2.41. The van der Waals surface area contributed by atoms with Crippen LogP contribution in [0.4, 0.5) is 19.3 Å². The van der Waals surface area contributed by atoms with Crippen molar-refractivity contribution < 1.29 is 13.6 Å². The number of carbonyl (C=O) groups excluding carboxylic acids is 1. The van der Waals surface area contributed by atoms with Gasteiger partial charge >= 0.3 is 6.03 Å². The number of carbonyl (C=O) groups is 1. The molecule has 2 rings (SSSR count). The maximum absolute atomic E-state index is 13.4. The molecule has 20 heavy (non-hydrogen) atoms. The summed E-state index contributed by atoms with van der Waals surface area (Å²) in [6, 6.07) is 2.57. The number of rotatable bonds is 3. The smallest absolute Gasteiger partial charge is 0.319 e. The van der Waals surface area contributed by atoms with Crippen LogP contribution < -0.4 is 16.0 Å². The lowest BCUT2D eigenvalue weighted by molar-refractivity contribution is 0.213. The van der Waals surface area contributed by atoms with E-state index in [-0.39, 0.29) is 11.1 Å². The molecule has 1 aliphatic rings.